The van der Waals surface area contributed by atoms with Crippen LogP contribution in [0.1, 0.15) is 27.2 Å². The second-order valence-corrected chi connectivity index (χ2v) is 13.3. The number of rotatable bonds is 8. The number of hydrogen-bond acceptors (Lipinski definition) is 5. The largest absolute Gasteiger partial charge is 0.480 e. The van der Waals surface area contributed by atoms with E-state index in [1.54, 1.807) is 20.8 Å². The van der Waals surface area contributed by atoms with Gasteiger partial charge in [-0.3, -0.25) is 0 Å². The van der Waals surface area contributed by atoms with Crippen LogP contribution in [-0.2, 0) is 14.3 Å². The van der Waals surface area contributed by atoms with Gasteiger partial charge in [-0.1, -0.05) is 19.6 Å². The van der Waals surface area contributed by atoms with Gasteiger partial charge in [0, 0.05) is 14.6 Å². The van der Waals surface area contributed by atoms with E-state index in [0.29, 0.717) is 0 Å². The van der Waals surface area contributed by atoms with Crippen molar-refractivity contribution in [3.63, 3.8) is 0 Å². The van der Waals surface area contributed by atoms with Crippen molar-refractivity contribution in [2.75, 3.05) is 13.2 Å². The van der Waals surface area contributed by atoms with Crippen LogP contribution in [0, 0.1) is 0 Å². The normalized spacial score (nSPS) is 12.9. The van der Waals surface area contributed by atoms with Gasteiger partial charge in [0.1, 0.15) is 11.6 Å². The highest BCUT2D eigenvalue weighted by molar-refractivity contribution is 6.76. The SMILES string of the molecule is CC(C)(C)OC(=O)NCCC(NC(=O)OCC[Si](C)(C)C)C(=O)O. The van der Waals surface area contributed by atoms with E-state index in [1.165, 1.54) is 0 Å². The van der Waals surface area contributed by atoms with Crippen molar-refractivity contribution in [2.24, 2.45) is 0 Å². The van der Waals surface area contributed by atoms with Crippen LogP contribution in [-0.4, -0.2) is 56.1 Å². The monoisotopic (exact) mass is 362 g/mol. The van der Waals surface area contributed by atoms with E-state index in [1.807, 2.05) is 0 Å². The number of ether oxygens (including phenoxy) is 2. The predicted molar refractivity (Wildman–Crippen MR) is 92.9 cm³/mol. The first-order valence-corrected chi connectivity index (χ1v) is 11.6. The van der Waals surface area contributed by atoms with Crippen molar-refractivity contribution >= 4 is 26.2 Å². The minimum absolute atomic E-state index is 0.0255. The lowest BCUT2D eigenvalue weighted by atomic mass is 10.2. The molecule has 1 unspecified atom stereocenters. The van der Waals surface area contributed by atoms with Crippen LogP contribution in [0.5, 0.6) is 0 Å². The van der Waals surface area contributed by atoms with E-state index in [0.717, 1.165) is 6.04 Å². The van der Waals surface area contributed by atoms with Gasteiger partial charge in [0.2, 0.25) is 0 Å². The summed E-state index contributed by atoms with van der Waals surface area (Å²) in [4.78, 5) is 34.3. The number of hydrogen-bond donors (Lipinski definition) is 3. The van der Waals surface area contributed by atoms with Gasteiger partial charge in [0.15, 0.2) is 0 Å². The minimum Gasteiger partial charge on any atom is -0.480 e. The first-order valence-electron chi connectivity index (χ1n) is 7.93. The molecular weight excluding hydrogens is 332 g/mol. The fourth-order valence-corrected chi connectivity index (χ4v) is 2.24. The molecule has 9 heteroatoms. The van der Waals surface area contributed by atoms with Crippen LogP contribution in [0.3, 0.4) is 0 Å². The molecule has 140 valence electrons. The number of carbonyl (C=O) groups is 3. The Morgan fingerprint density at radius 3 is 2.17 bits per heavy atom. The number of alkyl carbamates (subject to hydrolysis) is 2. The van der Waals surface area contributed by atoms with Gasteiger partial charge >= 0.3 is 18.2 Å². The molecule has 0 saturated heterocycles. The van der Waals surface area contributed by atoms with Crippen molar-refractivity contribution in [3.05, 3.63) is 0 Å². The fraction of sp³-hybridized carbons (Fsp3) is 0.800. The van der Waals surface area contributed by atoms with Gasteiger partial charge in [-0.25, -0.2) is 14.4 Å². The summed E-state index contributed by atoms with van der Waals surface area (Å²) in [6.45, 7) is 12.0. The molecule has 0 fully saturated rings. The number of carbonyl (C=O) groups excluding carboxylic acids is 2. The molecule has 3 N–H and O–H groups in total. The Hall–Kier alpha value is -1.77. The molecule has 0 heterocycles. The second-order valence-electron chi connectivity index (χ2n) is 7.70. The Balaban J connectivity index is 4.20. The van der Waals surface area contributed by atoms with Gasteiger partial charge in [-0.05, 0) is 33.2 Å². The van der Waals surface area contributed by atoms with Crippen molar-refractivity contribution in [1.29, 1.82) is 0 Å². The van der Waals surface area contributed by atoms with Gasteiger partial charge in [-0.15, -0.1) is 0 Å². The molecule has 0 bridgehead atoms. The van der Waals surface area contributed by atoms with Crippen molar-refractivity contribution in [2.45, 2.75) is 64.5 Å². The zero-order valence-electron chi connectivity index (χ0n) is 15.4. The summed E-state index contributed by atoms with van der Waals surface area (Å²) < 4.78 is 10.0. The summed E-state index contributed by atoms with van der Waals surface area (Å²) in [6, 6.07) is -0.336. The quantitative estimate of drug-likeness (QED) is 0.571. The Morgan fingerprint density at radius 2 is 1.71 bits per heavy atom. The second kappa shape index (κ2) is 9.51. The van der Waals surface area contributed by atoms with E-state index in [9.17, 15) is 14.4 Å². The standard InChI is InChI=1S/C15H30N2O6Si/c1-15(2,3)23-13(20)16-8-7-11(12(18)19)17-14(21)22-9-10-24(4,5)6/h11H,7-10H2,1-6H3,(H,16,20)(H,17,21)(H,18,19). The van der Waals surface area contributed by atoms with Crippen molar-refractivity contribution < 1.29 is 29.0 Å². The number of carboxylic acids is 1. The third kappa shape index (κ3) is 12.7. The maximum absolute atomic E-state index is 11.6. The molecule has 0 aromatic heterocycles. The van der Waals surface area contributed by atoms with Gasteiger partial charge < -0.3 is 25.2 Å². The Kier molecular flexibility index (Phi) is 8.80. The molecule has 0 aliphatic rings. The first-order chi connectivity index (χ1) is 10.8. The summed E-state index contributed by atoms with van der Waals surface area (Å²) in [6.07, 6.45) is -1.38. The topological polar surface area (TPSA) is 114 Å². The molecule has 0 aliphatic carbocycles. The lowest BCUT2D eigenvalue weighted by Gasteiger charge is -2.20. The number of carboxylic acid groups (broad SMARTS) is 1. The fourth-order valence-electron chi connectivity index (χ4n) is 1.52. The van der Waals surface area contributed by atoms with Crippen LogP contribution in [0.2, 0.25) is 25.7 Å². The molecule has 8 nitrogen and oxygen atoms in total. The minimum atomic E-state index is -1.32. The summed E-state index contributed by atoms with van der Waals surface area (Å²) in [5.74, 6) is -1.19. The van der Waals surface area contributed by atoms with Crippen LogP contribution >= 0.6 is 0 Å². The number of amides is 2. The summed E-state index contributed by atoms with van der Waals surface area (Å²) in [7, 11) is -1.32. The summed E-state index contributed by atoms with van der Waals surface area (Å²) >= 11 is 0. The Morgan fingerprint density at radius 1 is 1.12 bits per heavy atom. The molecule has 0 aromatic carbocycles. The van der Waals surface area contributed by atoms with Crippen molar-refractivity contribution in [1.82, 2.24) is 10.6 Å². The maximum Gasteiger partial charge on any atom is 0.407 e. The Bertz CT molecular complexity index is 442. The van der Waals surface area contributed by atoms with E-state index in [4.69, 9.17) is 14.6 Å². The van der Waals surface area contributed by atoms with Crippen LogP contribution < -0.4 is 10.6 Å². The van der Waals surface area contributed by atoms with Crippen LogP contribution in [0.25, 0.3) is 0 Å². The van der Waals surface area contributed by atoms with E-state index in [2.05, 4.69) is 30.3 Å². The smallest absolute Gasteiger partial charge is 0.407 e. The lowest BCUT2D eigenvalue weighted by molar-refractivity contribution is -0.139. The Labute approximate surface area is 144 Å². The van der Waals surface area contributed by atoms with Gasteiger partial charge in [-0.2, -0.15) is 0 Å². The molecule has 0 spiro atoms. The molecule has 0 aliphatic heterocycles. The molecule has 0 radical (unpaired) electrons. The molecule has 0 saturated carbocycles. The molecule has 0 aromatic rings. The zero-order chi connectivity index (χ0) is 19.0. The average molecular weight is 362 g/mol. The summed E-state index contributed by atoms with van der Waals surface area (Å²) in [5, 5.41) is 13.9. The van der Waals surface area contributed by atoms with Crippen molar-refractivity contribution in [3.8, 4) is 0 Å². The molecule has 1 atom stereocenters. The van der Waals surface area contributed by atoms with Crippen LogP contribution in [0.4, 0.5) is 9.59 Å². The van der Waals surface area contributed by atoms with Gasteiger partial charge in [0.25, 0.3) is 0 Å². The molecule has 24 heavy (non-hydrogen) atoms. The number of nitrogens with one attached hydrogen (secondary N) is 2. The predicted octanol–water partition coefficient (Wildman–Crippen LogP) is 2.42. The zero-order valence-corrected chi connectivity index (χ0v) is 16.4. The molecule has 0 rings (SSSR count). The molecule has 2 amide bonds. The van der Waals surface area contributed by atoms with Gasteiger partial charge in [0.05, 0.1) is 6.61 Å². The highest BCUT2D eigenvalue weighted by Crippen LogP contribution is 2.08. The number of aliphatic carboxylic acids is 1. The highest BCUT2D eigenvalue weighted by atomic mass is 28.3. The van der Waals surface area contributed by atoms with E-state index >= 15 is 0 Å². The summed E-state index contributed by atoms with van der Waals surface area (Å²) in [5.41, 5.74) is -0.630. The first kappa shape index (κ1) is 22.2. The van der Waals surface area contributed by atoms with E-state index in [-0.39, 0.29) is 19.6 Å². The van der Waals surface area contributed by atoms with E-state index < -0.39 is 37.9 Å². The average Bonchev–Trinajstić information content (AvgIpc) is 2.33. The third-order valence-corrected chi connectivity index (χ3v) is 4.48. The third-order valence-electron chi connectivity index (χ3n) is 2.78. The lowest BCUT2D eigenvalue weighted by Crippen LogP contribution is -2.44. The van der Waals surface area contributed by atoms with Crippen LogP contribution in [0.15, 0.2) is 0 Å². The highest BCUT2D eigenvalue weighted by Gasteiger charge is 2.22. The maximum atomic E-state index is 11.6. The molecular formula is C15H30N2O6Si.